The topological polar surface area (TPSA) is 24.7 Å². The SMILES string of the molecule is C1CN=C2CCCN=C2C1. The number of hydrogen-bond donors (Lipinski definition) is 0. The molecular weight excluding hydrogens is 124 g/mol. The summed E-state index contributed by atoms with van der Waals surface area (Å²) in [7, 11) is 0. The van der Waals surface area contributed by atoms with Crippen molar-refractivity contribution in [3.63, 3.8) is 0 Å². The summed E-state index contributed by atoms with van der Waals surface area (Å²) in [4.78, 5) is 8.87. The van der Waals surface area contributed by atoms with Crippen LogP contribution in [0.5, 0.6) is 0 Å². The van der Waals surface area contributed by atoms with E-state index in [1.807, 2.05) is 0 Å². The molecule has 2 heterocycles. The smallest absolute Gasteiger partial charge is 0.0559 e. The second kappa shape index (κ2) is 2.52. The van der Waals surface area contributed by atoms with Gasteiger partial charge >= 0.3 is 0 Å². The molecule has 0 saturated heterocycles. The lowest BCUT2D eigenvalue weighted by Gasteiger charge is -2.18. The maximum atomic E-state index is 4.44. The van der Waals surface area contributed by atoms with Gasteiger partial charge in [0.05, 0.1) is 11.4 Å². The van der Waals surface area contributed by atoms with E-state index in [1.165, 1.54) is 37.1 Å². The van der Waals surface area contributed by atoms with E-state index in [2.05, 4.69) is 9.98 Å². The van der Waals surface area contributed by atoms with Crippen LogP contribution in [-0.2, 0) is 0 Å². The predicted molar refractivity (Wildman–Crippen MR) is 43.1 cm³/mol. The Hall–Kier alpha value is -0.660. The highest BCUT2D eigenvalue weighted by Crippen LogP contribution is 2.12. The Morgan fingerprint density at radius 1 is 0.800 bits per heavy atom. The summed E-state index contributed by atoms with van der Waals surface area (Å²) in [6, 6.07) is 0. The number of rotatable bonds is 0. The van der Waals surface area contributed by atoms with E-state index in [0.29, 0.717) is 0 Å². The van der Waals surface area contributed by atoms with Gasteiger partial charge in [-0.1, -0.05) is 0 Å². The van der Waals surface area contributed by atoms with Crippen molar-refractivity contribution < 1.29 is 0 Å². The van der Waals surface area contributed by atoms with Crippen LogP contribution in [0.4, 0.5) is 0 Å². The van der Waals surface area contributed by atoms with E-state index < -0.39 is 0 Å². The zero-order valence-corrected chi connectivity index (χ0v) is 6.14. The third-order valence-corrected chi connectivity index (χ3v) is 2.08. The Kier molecular flexibility index (Phi) is 1.53. The van der Waals surface area contributed by atoms with Crippen molar-refractivity contribution in [3.8, 4) is 0 Å². The minimum absolute atomic E-state index is 1.04. The highest BCUT2D eigenvalue weighted by atomic mass is 14.8. The lowest BCUT2D eigenvalue weighted by Crippen LogP contribution is -2.23. The van der Waals surface area contributed by atoms with Gasteiger partial charge in [-0.3, -0.25) is 9.98 Å². The van der Waals surface area contributed by atoms with E-state index in [9.17, 15) is 0 Å². The molecule has 2 rings (SSSR count). The molecule has 2 aliphatic rings. The summed E-state index contributed by atoms with van der Waals surface area (Å²) in [5.74, 6) is 0. The lowest BCUT2D eigenvalue weighted by molar-refractivity contribution is 0.797. The molecule has 0 spiro atoms. The molecular formula is C8H12N2. The van der Waals surface area contributed by atoms with E-state index in [0.717, 1.165) is 13.1 Å². The summed E-state index contributed by atoms with van der Waals surface area (Å²) >= 11 is 0. The minimum Gasteiger partial charge on any atom is -0.288 e. The van der Waals surface area contributed by atoms with Crippen LogP contribution in [-0.4, -0.2) is 24.5 Å². The van der Waals surface area contributed by atoms with Crippen LogP contribution >= 0.6 is 0 Å². The van der Waals surface area contributed by atoms with Crippen molar-refractivity contribution in [2.45, 2.75) is 25.7 Å². The fourth-order valence-electron chi connectivity index (χ4n) is 1.55. The van der Waals surface area contributed by atoms with Crippen LogP contribution in [0.2, 0.25) is 0 Å². The zero-order chi connectivity index (χ0) is 6.81. The predicted octanol–water partition coefficient (Wildman–Crippen LogP) is 1.46. The molecule has 0 N–H and O–H groups in total. The van der Waals surface area contributed by atoms with E-state index >= 15 is 0 Å². The molecule has 2 nitrogen and oxygen atoms in total. The molecule has 2 heteroatoms. The summed E-state index contributed by atoms with van der Waals surface area (Å²) in [5.41, 5.74) is 2.61. The monoisotopic (exact) mass is 136 g/mol. The average Bonchev–Trinajstić information content (AvgIpc) is 2.05. The second-order valence-electron chi connectivity index (χ2n) is 2.86. The molecule has 2 aliphatic heterocycles. The van der Waals surface area contributed by atoms with Crippen molar-refractivity contribution >= 4 is 11.4 Å². The van der Waals surface area contributed by atoms with Crippen molar-refractivity contribution in [1.29, 1.82) is 0 Å². The van der Waals surface area contributed by atoms with E-state index in [4.69, 9.17) is 0 Å². The van der Waals surface area contributed by atoms with Gasteiger partial charge in [0.25, 0.3) is 0 Å². The van der Waals surface area contributed by atoms with Crippen LogP contribution in [0.1, 0.15) is 25.7 Å². The molecule has 0 radical (unpaired) electrons. The summed E-state index contributed by atoms with van der Waals surface area (Å²) < 4.78 is 0. The minimum atomic E-state index is 1.04. The van der Waals surface area contributed by atoms with Gasteiger partial charge in [-0.15, -0.1) is 0 Å². The molecule has 54 valence electrons. The fourth-order valence-corrected chi connectivity index (χ4v) is 1.55. The third-order valence-electron chi connectivity index (χ3n) is 2.08. The van der Waals surface area contributed by atoms with E-state index in [1.54, 1.807) is 0 Å². The molecule has 0 atom stereocenters. The third kappa shape index (κ3) is 0.981. The highest BCUT2D eigenvalue weighted by molar-refractivity contribution is 6.43. The van der Waals surface area contributed by atoms with Crippen molar-refractivity contribution in [3.05, 3.63) is 0 Å². The summed E-state index contributed by atoms with van der Waals surface area (Å²) in [6.07, 6.45) is 4.78. The van der Waals surface area contributed by atoms with Gasteiger partial charge in [0.1, 0.15) is 0 Å². The highest BCUT2D eigenvalue weighted by Gasteiger charge is 2.15. The standard InChI is InChI=1S/C8H12N2/c1-3-7-8(9-5-1)4-2-6-10-7/h1-6H2. The molecule has 0 saturated carbocycles. The van der Waals surface area contributed by atoms with Crippen LogP contribution in [0, 0.1) is 0 Å². The number of aliphatic imine (C=N–C) groups is 2. The molecule has 0 aliphatic carbocycles. The van der Waals surface area contributed by atoms with Crippen molar-refractivity contribution in [1.82, 2.24) is 0 Å². The summed E-state index contributed by atoms with van der Waals surface area (Å²) in [6.45, 7) is 2.07. The summed E-state index contributed by atoms with van der Waals surface area (Å²) in [5, 5.41) is 0. The number of hydrogen-bond acceptors (Lipinski definition) is 2. The van der Waals surface area contributed by atoms with Gasteiger partial charge in [0, 0.05) is 13.1 Å². The van der Waals surface area contributed by atoms with Crippen molar-refractivity contribution in [2.24, 2.45) is 9.98 Å². The molecule has 0 fully saturated rings. The Balaban J connectivity index is 2.25. The van der Waals surface area contributed by atoms with Gasteiger partial charge in [0.2, 0.25) is 0 Å². The molecule has 0 aromatic heterocycles. The molecule has 0 unspecified atom stereocenters. The Morgan fingerprint density at radius 3 is 1.80 bits per heavy atom. The second-order valence-corrected chi connectivity index (χ2v) is 2.86. The fraction of sp³-hybridized carbons (Fsp3) is 0.750. The first-order valence-electron chi connectivity index (χ1n) is 4.04. The first kappa shape index (κ1) is 6.08. The van der Waals surface area contributed by atoms with Crippen molar-refractivity contribution in [2.75, 3.05) is 13.1 Å². The van der Waals surface area contributed by atoms with Crippen LogP contribution in [0.25, 0.3) is 0 Å². The van der Waals surface area contributed by atoms with E-state index in [-0.39, 0.29) is 0 Å². The Bertz CT molecular complexity index is 169. The Labute approximate surface area is 61.1 Å². The number of nitrogens with zero attached hydrogens (tertiary/aromatic N) is 2. The number of fused-ring (bicyclic) bond motifs is 1. The maximum absolute atomic E-state index is 4.44. The lowest BCUT2D eigenvalue weighted by atomic mass is 10.00. The van der Waals surface area contributed by atoms with Gasteiger partial charge in [0.15, 0.2) is 0 Å². The van der Waals surface area contributed by atoms with Crippen LogP contribution in [0.3, 0.4) is 0 Å². The van der Waals surface area contributed by atoms with Gasteiger partial charge < -0.3 is 0 Å². The van der Waals surface area contributed by atoms with Gasteiger partial charge in [-0.2, -0.15) is 0 Å². The Morgan fingerprint density at radius 2 is 1.30 bits per heavy atom. The quantitative estimate of drug-likeness (QED) is 0.481. The molecule has 10 heavy (non-hydrogen) atoms. The van der Waals surface area contributed by atoms with Gasteiger partial charge in [-0.05, 0) is 25.7 Å². The van der Waals surface area contributed by atoms with Crippen LogP contribution in [0.15, 0.2) is 9.98 Å². The first-order chi connectivity index (χ1) is 4.97. The van der Waals surface area contributed by atoms with Gasteiger partial charge in [-0.25, -0.2) is 0 Å². The molecule has 0 bridgehead atoms. The largest absolute Gasteiger partial charge is 0.288 e. The average molecular weight is 136 g/mol. The zero-order valence-electron chi connectivity index (χ0n) is 6.14. The maximum Gasteiger partial charge on any atom is 0.0559 e. The molecule has 0 aromatic rings. The molecule has 0 aromatic carbocycles. The normalized spacial score (nSPS) is 24.8. The molecule has 0 amide bonds. The van der Waals surface area contributed by atoms with Crippen LogP contribution < -0.4 is 0 Å². The first-order valence-corrected chi connectivity index (χ1v) is 4.04.